The molecule has 124 valence electrons. The number of rotatable bonds is 7. The zero-order chi connectivity index (χ0) is 16.8. The number of aliphatic hydroxyl groups excluding tert-OH is 1. The minimum atomic E-state index is -0.396. The molecule has 0 saturated heterocycles. The second kappa shape index (κ2) is 8.34. The summed E-state index contributed by atoms with van der Waals surface area (Å²) in [4.78, 5) is 13.5. The predicted octanol–water partition coefficient (Wildman–Crippen LogP) is 3.42. The third-order valence-corrected chi connectivity index (χ3v) is 3.86. The van der Waals surface area contributed by atoms with Crippen LogP contribution >= 0.6 is 11.6 Å². The fourth-order valence-corrected chi connectivity index (χ4v) is 2.18. The average Bonchev–Trinajstić information content (AvgIpc) is 2.46. The van der Waals surface area contributed by atoms with Crippen LogP contribution in [0.5, 0.6) is 0 Å². The average molecular weight is 331 g/mol. The van der Waals surface area contributed by atoms with Crippen LogP contribution < -0.4 is 5.32 Å². The molecule has 22 heavy (non-hydrogen) atoms. The Morgan fingerprint density at radius 3 is 2.73 bits per heavy atom. The van der Waals surface area contributed by atoms with Gasteiger partial charge in [0.1, 0.15) is 5.82 Å². The number of urea groups is 1. The second-order valence-electron chi connectivity index (χ2n) is 6.25. The van der Waals surface area contributed by atoms with E-state index in [0.29, 0.717) is 23.7 Å². The van der Waals surface area contributed by atoms with E-state index in [1.54, 1.807) is 13.1 Å². The van der Waals surface area contributed by atoms with Crippen molar-refractivity contribution in [2.75, 3.05) is 20.2 Å². The van der Waals surface area contributed by atoms with Gasteiger partial charge in [-0.2, -0.15) is 0 Å². The molecule has 0 aliphatic heterocycles. The fraction of sp³-hybridized carbons (Fsp3) is 0.562. The van der Waals surface area contributed by atoms with E-state index in [0.717, 1.165) is 12.8 Å². The number of benzene rings is 1. The zero-order valence-corrected chi connectivity index (χ0v) is 14.1. The van der Waals surface area contributed by atoms with Gasteiger partial charge < -0.3 is 15.3 Å². The minimum absolute atomic E-state index is 0.127. The molecular formula is C16H24ClFN2O2. The first-order valence-electron chi connectivity index (χ1n) is 7.29. The van der Waals surface area contributed by atoms with Gasteiger partial charge in [0.2, 0.25) is 0 Å². The molecule has 2 amide bonds. The van der Waals surface area contributed by atoms with Crippen LogP contribution in [0.15, 0.2) is 18.2 Å². The van der Waals surface area contributed by atoms with Crippen molar-refractivity contribution >= 4 is 17.6 Å². The summed E-state index contributed by atoms with van der Waals surface area (Å²) in [5, 5.41) is 12.3. The SMILES string of the molecule is CN(Cc1ccc(F)cc1Cl)C(=O)NCCCC(C)(C)CO. The van der Waals surface area contributed by atoms with E-state index in [-0.39, 0.29) is 18.1 Å². The van der Waals surface area contributed by atoms with Gasteiger partial charge >= 0.3 is 6.03 Å². The van der Waals surface area contributed by atoms with Crippen LogP contribution in [0.3, 0.4) is 0 Å². The maximum atomic E-state index is 13.0. The number of nitrogens with zero attached hydrogens (tertiary/aromatic N) is 1. The molecule has 0 fully saturated rings. The molecule has 4 nitrogen and oxygen atoms in total. The first-order valence-corrected chi connectivity index (χ1v) is 7.67. The maximum absolute atomic E-state index is 13.0. The van der Waals surface area contributed by atoms with Crippen LogP contribution in [0.2, 0.25) is 5.02 Å². The van der Waals surface area contributed by atoms with Crippen LogP contribution in [0, 0.1) is 11.2 Å². The van der Waals surface area contributed by atoms with Crippen molar-refractivity contribution in [3.05, 3.63) is 34.6 Å². The molecule has 1 aromatic rings. The normalized spacial score (nSPS) is 11.4. The lowest BCUT2D eigenvalue weighted by atomic mass is 9.89. The summed E-state index contributed by atoms with van der Waals surface area (Å²) in [5.41, 5.74) is 0.570. The standard InChI is InChI=1S/C16H24ClFN2O2/c1-16(2,11-21)7-4-8-19-15(22)20(3)10-12-5-6-13(18)9-14(12)17/h5-6,9,21H,4,7-8,10-11H2,1-3H3,(H,19,22). The molecule has 0 heterocycles. The molecule has 0 unspecified atom stereocenters. The lowest BCUT2D eigenvalue weighted by Crippen LogP contribution is -2.37. The van der Waals surface area contributed by atoms with Gasteiger partial charge in [0.05, 0.1) is 0 Å². The minimum Gasteiger partial charge on any atom is -0.396 e. The lowest BCUT2D eigenvalue weighted by molar-refractivity contribution is 0.147. The first kappa shape index (κ1) is 18.7. The molecular weight excluding hydrogens is 307 g/mol. The van der Waals surface area contributed by atoms with E-state index < -0.39 is 5.82 Å². The molecule has 1 rings (SSSR count). The number of hydrogen-bond acceptors (Lipinski definition) is 2. The molecule has 0 aromatic heterocycles. The summed E-state index contributed by atoms with van der Waals surface area (Å²) < 4.78 is 13.0. The highest BCUT2D eigenvalue weighted by molar-refractivity contribution is 6.31. The Morgan fingerprint density at radius 2 is 2.14 bits per heavy atom. The van der Waals surface area contributed by atoms with Gasteiger partial charge in [-0.3, -0.25) is 0 Å². The van der Waals surface area contributed by atoms with Crippen molar-refractivity contribution < 1.29 is 14.3 Å². The highest BCUT2D eigenvalue weighted by Gasteiger charge is 2.16. The molecule has 0 aliphatic carbocycles. The third-order valence-electron chi connectivity index (χ3n) is 3.50. The largest absolute Gasteiger partial charge is 0.396 e. The van der Waals surface area contributed by atoms with E-state index in [1.165, 1.54) is 17.0 Å². The topological polar surface area (TPSA) is 52.6 Å². The Labute approximate surface area is 136 Å². The van der Waals surface area contributed by atoms with Crippen LogP contribution in [0.25, 0.3) is 0 Å². The zero-order valence-electron chi connectivity index (χ0n) is 13.3. The van der Waals surface area contributed by atoms with Gasteiger partial charge in [0, 0.05) is 31.8 Å². The van der Waals surface area contributed by atoms with Gasteiger partial charge in [-0.15, -0.1) is 0 Å². The summed E-state index contributed by atoms with van der Waals surface area (Å²) in [5.74, 6) is -0.396. The number of nitrogens with one attached hydrogen (secondary N) is 1. The van der Waals surface area contributed by atoms with Gasteiger partial charge in [-0.25, -0.2) is 9.18 Å². The van der Waals surface area contributed by atoms with Crippen molar-refractivity contribution in [1.82, 2.24) is 10.2 Å². The Bertz CT molecular complexity index is 509. The van der Waals surface area contributed by atoms with E-state index in [1.807, 2.05) is 13.8 Å². The molecule has 0 bridgehead atoms. The van der Waals surface area contributed by atoms with Crippen molar-refractivity contribution in [3.8, 4) is 0 Å². The van der Waals surface area contributed by atoms with Crippen LogP contribution in [-0.4, -0.2) is 36.2 Å². The van der Waals surface area contributed by atoms with Gasteiger partial charge in [0.25, 0.3) is 0 Å². The molecule has 1 aromatic carbocycles. The van der Waals surface area contributed by atoms with Crippen molar-refractivity contribution in [3.63, 3.8) is 0 Å². The van der Waals surface area contributed by atoms with Crippen molar-refractivity contribution in [1.29, 1.82) is 0 Å². The molecule has 0 spiro atoms. The van der Waals surface area contributed by atoms with E-state index >= 15 is 0 Å². The van der Waals surface area contributed by atoms with E-state index in [4.69, 9.17) is 16.7 Å². The molecule has 2 N–H and O–H groups in total. The molecule has 0 saturated carbocycles. The van der Waals surface area contributed by atoms with E-state index in [2.05, 4.69) is 5.32 Å². The van der Waals surface area contributed by atoms with Crippen molar-refractivity contribution in [2.45, 2.75) is 33.2 Å². The maximum Gasteiger partial charge on any atom is 0.317 e. The predicted molar refractivity (Wildman–Crippen MR) is 86.4 cm³/mol. The van der Waals surface area contributed by atoms with Gasteiger partial charge in [-0.05, 0) is 36.0 Å². The van der Waals surface area contributed by atoms with Crippen LogP contribution in [-0.2, 0) is 6.54 Å². The molecule has 0 atom stereocenters. The summed E-state index contributed by atoms with van der Waals surface area (Å²) in [6.45, 7) is 4.95. The Kier molecular flexibility index (Phi) is 7.10. The number of halogens is 2. The number of amides is 2. The second-order valence-corrected chi connectivity index (χ2v) is 6.66. The highest BCUT2D eigenvalue weighted by atomic mass is 35.5. The fourth-order valence-electron chi connectivity index (χ4n) is 1.95. The quantitative estimate of drug-likeness (QED) is 0.753. The van der Waals surface area contributed by atoms with E-state index in [9.17, 15) is 9.18 Å². The van der Waals surface area contributed by atoms with Crippen LogP contribution in [0.4, 0.5) is 9.18 Å². The molecule has 6 heteroatoms. The Balaban J connectivity index is 2.39. The third kappa shape index (κ3) is 6.20. The lowest BCUT2D eigenvalue weighted by Gasteiger charge is -2.22. The number of carbonyl (C=O) groups is 1. The smallest absolute Gasteiger partial charge is 0.317 e. The number of carbonyl (C=O) groups excluding carboxylic acids is 1. The number of aliphatic hydroxyl groups is 1. The molecule has 0 radical (unpaired) electrons. The first-order chi connectivity index (χ1) is 10.2. The van der Waals surface area contributed by atoms with Gasteiger partial charge in [-0.1, -0.05) is 31.5 Å². The highest BCUT2D eigenvalue weighted by Crippen LogP contribution is 2.20. The number of hydrogen-bond donors (Lipinski definition) is 2. The Morgan fingerprint density at radius 1 is 1.45 bits per heavy atom. The molecule has 0 aliphatic rings. The summed E-state index contributed by atoms with van der Waals surface area (Å²) in [6.07, 6.45) is 1.63. The summed E-state index contributed by atoms with van der Waals surface area (Å²) in [7, 11) is 1.66. The van der Waals surface area contributed by atoms with Crippen molar-refractivity contribution in [2.24, 2.45) is 5.41 Å². The monoisotopic (exact) mass is 330 g/mol. The summed E-state index contributed by atoms with van der Waals surface area (Å²) >= 11 is 5.95. The summed E-state index contributed by atoms with van der Waals surface area (Å²) in [6, 6.07) is 3.93. The van der Waals surface area contributed by atoms with Gasteiger partial charge in [0.15, 0.2) is 0 Å². The Hall–Kier alpha value is -1.33. The van der Waals surface area contributed by atoms with Crippen LogP contribution in [0.1, 0.15) is 32.3 Å².